The van der Waals surface area contributed by atoms with Crippen LogP contribution in [0.2, 0.25) is 0 Å². The maximum atomic E-state index is 10.0. The second-order valence-electron chi connectivity index (χ2n) is 1.33. The molecule has 7 heteroatoms. The molecular formula is C4H11Cl2O4P. The van der Waals surface area contributed by atoms with Crippen LogP contribution in [-0.2, 0) is 9.30 Å². The minimum Gasteiger partial charge on any atom is -0.501 e. The third-order valence-corrected chi connectivity index (χ3v) is 1.03. The van der Waals surface area contributed by atoms with Gasteiger partial charge in [-0.3, -0.25) is 4.57 Å². The zero-order valence-electron chi connectivity index (χ0n) is 5.84. The zero-order chi connectivity index (χ0) is 7.33. The maximum absolute atomic E-state index is 10.0. The SMILES string of the molecule is CCOC=CP(=O)(O)O.Cl.Cl. The normalized spacial score (nSPS) is 10.1. The third-order valence-electron chi connectivity index (χ3n) is 0.518. The summed E-state index contributed by atoms with van der Waals surface area (Å²) in [5.74, 6) is 0.719. The van der Waals surface area contributed by atoms with E-state index < -0.39 is 7.60 Å². The Labute approximate surface area is 77.6 Å². The van der Waals surface area contributed by atoms with E-state index >= 15 is 0 Å². The molecule has 4 nitrogen and oxygen atoms in total. The molecule has 0 unspecified atom stereocenters. The summed E-state index contributed by atoms with van der Waals surface area (Å²) < 4.78 is 14.6. The molecule has 0 aliphatic carbocycles. The maximum Gasteiger partial charge on any atom is 0.352 e. The molecular weight excluding hydrogens is 214 g/mol. The molecule has 0 heterocycles. The topological polar surface area (TPSA) is 66.8 Å². The number of hydrogen-bond donors (Lipinski definition) is 2. The molecule has 0 aromatic heterocycles. The van der Waals surface area contributed by atoms with Gasteiger partial charge in [-0.15, -0.1) is 24.8 Å². The molecule has 0 aliphatic rings. The van der Waals surface area contributed by atoms with Gasteiger partial charge in [0.2, 0.25) is 0 Å². The average molecular weight is 225 g/mol. The highest BCUT2D eigenvalue weighted by Crippen LogP contribution is 2.35. The minimum absolute atomic E-state index is 0. The minimum atomic E-state index is -4.00. The summed E-state index contributed by atoms with van der Waals surface area (Å²) in [6.07, 6.45) is 1.00. The first-order valence-electron chi connectivity index (χ1n) is 2.41. The van der Waals surface area contributed by atoms with Gasteiger partial charge in [0.25, 0.3) is 0 Å². The molecule has 0 spiro atoms. The van der Waals surface area contributed by atoms with Gasteiger partial charge in [0.1, 0.15) is 0 Å². The molecule has 0 aromatic carbocycles. The Morgan fingerprint density at radius 2 is 1.91 bits per heavy atom. The first kappa shape index (κ1) is 17.4. The van der Waals surface area contributed by atoms with Crippen LogP contribution in [0.25, 0.3) is 0 Å². The van der Waals surface area contributed by atoms with Gasteiger partial charge in [-0.25, -0.2) is 0 Å². The van der Waals surface area contributed by atoms with Crippen molar-refractivity contribution in [3.05, 3.63) is 12.1 Å². The van der Waals surface area contributed by atoms with Gasteiger partial charge in [0.05, 0.1) is 18.7 Å². The van der Waals surface area contributed by atoms with Gasteiger partial charge >= 0.3 is 7.60 Å². The van der Waals surface area contributed by atoms with Crippen molar-refractivity contribution < 1.29 is 19.1 Å². The van der Waals surface area contributed by atoms with Crippen LogP contribution in [0.5, 0.6) is 0 Å². The van der Waals surface area contributed by atoms with Crippen molar-refractivity contribution in [1.82, 2.24) is 0 Å². The van der Waals surface area contributed by atoms with E-state index in [1.54, 1.807) is 6.92 Å². The van der Waals surface area contributed by atoms with Crippen molar-refractivity contribution in [2.75, 3.05) is 6.61 Å². The molecule has 0 saturated heterocycles. The molecule has 70 valence electrons. The largest absolute Gasteiger partial charge is 0.501 e. The van der Waals surface area contributed by atoms with Crippen LogP contribution < -0.4 is 0 Å². The Bertz CT molecular complexity index is 143. The van der Waals surface area contributed by atoms with Crippen molar-refractivity contribution in [2.24, 2.45) is 0 Å². The van der Waals surface area contributed by atoms with Crippen LogP contribution in [0.15, 0.2) is 12.1 Å². The lowest BCUT2D eigenvalue weighted by molar-refractivity contribution is 0.268. The fourth-order valence-corrected chi connectivity index (χ4v) is 0.463. The molecule has 0 radical (unpaired) electrons. The van der Waals surface area contributed by atoms with Gasteiger partial charge in [-0.05, 0) is 6.92 Å². The van der Waals surface area contributed by atoms with Crippen molar-refractivity contribution in [3.63, 3.8) is 0 Å². The molecule has 0 fully saturated rings. The summed E-state index contributed by atoms with van der Waals surface area (Å²) in [5.41, 5.74) is 0. The molecule has 11 heavy (non-hydrogen) atoms. The Morgan fingerprint density at radius 3 is 2.18 bits per heavy atom. The van der Waals surface area contributed by atoms with Crippen LogP contribution in [0.3, 0.4) is 0 Å². The summed E-state index contributed by atoms with van der Waals surface area (Å²) in [6, 6.07) is 0. The van der Waals surface area contributed by atoms with E-state index in [4.69, 9.17) is 9.79 Å². The van der Waals surface area contributed by atoms with Gasteiger partial charge in [0.15, 0.2) is 0 Å². The number of halogens is 2. The highest BCUT2D eigenvalue weighted by molar-refractivity contribution is 7.55. The monoisotopic (exact) mass is 224 g/mol. The summed E-state index contributed by atoms with van der Waals surface area (Å²) >= 11 is 0. The first-order valence-corrected chi connectivity index (χ1v) is 4.09. The quantitative estimate of drug-likeness (QED) is 0.564. The highest BCUT2D eigenvalue weighted by Gasteiger charge is 2.04. The van der Waals surface area contributed by atoms with Crippen molar-refractivity contribution in [1.29, 1.82) is 0 Å². The van der Waals surface area contributed by atoms with Crippen molar-refractivity contribution in [2.45, 2.75) is 6.92 Å². The second kappa shape index (κ2) is 8.37. The smallest absolute Gasteiger partial charge is 0.352 e. The molecule has 0 bridgehead atoms. The highest BCUT2D eigenvalue weighted by atomic mass is 35.5. The third kappa shape index (κ3) is 17.9. The van der Waals surface area contributed by atoms with E-state index in [-0.39, 0.29) is 24.8 Å². The van der Waals surface area contributed by atoms with E-state index in [1.165, 1.54) is 0 Å². The second-order valence-corrected chi connectivity index (χ2v) is 2.81. The van der Waals surface area contributed by atoms with Gasteiger partial charge in [-0.2, -0.15) is 0 Å². The molecule has 0 amide bonds. The molecule has 0 saturated carbocycles. The summed E-state index contributed by atoms with van der Waals surface area (Å²) in [5, 5.41) is 0. The Morgan fingerprint density at radius 1 is 1.45 bits per heavy atom. The van der Waals surface area contributed by atoms with Crippen LogP contribution in [0.1, 0.15) is 6.92 Å². The number of hydrogen-bond acceptors (Lipinski definition) is 2. The predicted octanol–water partition coefficient (Wildman–Crippen LogP) is 1.52. The first-order chi connectivity index (χ1) is 4.06. The Kier molecular flexibility index (Phi) is 13.2. The van der Waals surface area contributed by atoms with Gasteiger partial charge in [-0.1, -0.05) is 0 Å². The van der Waals surface area contributed by atoms with Gasteiger partial charge < -0.3 is 14.5 Å². The number of rotatable bonds is 3. The fraction of sp³-hybridized carbons (Fsp3) is 0.500. The fourth-order valence-electron chi connectivity index (χ4n) is 0.219. The van der Waals surface area contributed by atoms with Crippen LogP contribution >= 0.6 is 32.4 Å². The standard InChI is InChI=1S/C4H9O4P.2ClH/c1-2-8-3-4-9(5,6)7;;/h3-4H,2H2,1H3,(H2,5,6,7);2*1H. The predicted molar refractivity (Wildman–Crippen MR) is 47.3 cm³/mol. The van der Waals surface area contributed by atoms with E-state index in [1.807, 2.05) is 0 Å². The zero-order valence-corrected chi connectivity index (χ0v) is 8.36. The lowest BCUT2D eigenvalue weighted by Gasteiger charge is -1.94. The van der Waals surface area contributed by atoms with Crippen molar-refractivity contribution in [3.8, 4) is 0 Å². The Hall–Kier alpha value is 0.270. The summed E-state index contributed by atoms with van der Waals surface area (Å²) in [4.78, 5) is 16.4. The lowest BCUT2D eigenvalue weighted by Crippen LogP contribution is -1.77. The van der Waals surface area contributed by atoms with Crippen LogP contribution in [0.4, 0.5) is 0 Å². The van der Waals surface area contributed by atoms with E-state index in [9.17, 15) is 4.57 Å². The molecule has 0 atom stereocenters. The van der Waals surface area contributed by atoms with Crippen LogP contribution in [-0.4, -0.2) is 16.4 Å². The Balaban J connectivity index is -0.000000320. The summed E-state index contributed by atoms with van der Waals surface area (Å²) in [7, 11) is -4.00. The van der Waals surface area contributed by atoms with E-state index in [0.717, 1.165) is 12.1 Å². The molecule has 0 rings (SSSR count). The van der Waals surface area contributed by atoms with E-state index in [2.05, 4.69) is 4.74 Å². The lowest BCUT2D eigenvalue weighted by atomic mass is 10.9. The molecule has 0 aliphatic heterocycles. The molecule has 2 N–H and O–H groups in total. The van der Waals surface area contributed by atoms with Gasteiger partial charge in [0, 0.05) is 0 Å². The summed E-state index contributed by atoms with van der Waals surface area (Å²) in [6.45, 7) is 2.14. The van der Waals surface area contributed by atoms with Crippen LogP contribution in [0, 0.1) is 0 Å². The average Bonchev–Trinajstić information content (AvgIpc) is 1.63. The molecule has 0 aromatic rings. The van der Waals surface area contributed by atoms with E-state index in [0.29, 0.717) is 6.61 Å². The number of ether oxygens (including phenoxy) is 1. The van der Waals surface area contributed by atoms with Crippen molar-refractivity contribution >= 4 is 32.4 Å².